The van der Waals surface area contributed by atoms with E-state index in [9.17, 15) is 0 Å². The molecule has 1 aliphatic rings. The molecule has 3 nitrogen and oxygen atoms in total. The molecule has 0 aromatic rings. The van der Waals surface area contributed by atoms with E-state index < -0.39 is 0 Å². The van der Waals surface area contributed by atoms with Crippen molar-refractivity contribution in [2.45, 2.75) is 44.2 Å². The summed E-state index contributed by atoms with van der Waals surface area (Å²) in [6.07, 6.45) is 3.07. The molecule has 0 amide bonds. The van der Waals surface area contributed by atoms with Gasteiger partial charge in [-0.3, -0.25) is 0 Å². The van der Waals surface area contributed by atoms with Gasteiger partial charge < -0.3 is 16.4 Å². The molecule has 1 aliphatic heterocycles. The van der Waals surface area contributed by atoms with Gasteiger partial charge in [0.2, 0.25) is 0 Å². The molecule has 1 saturated heterocycles. The molecule has 4 N–H and O–H groups in total. The molecule has 0 aromatic carbocycles. The molecule has 0 aliphatic carbocycles. The second-order valence-electron chi connectivity index (χ2n) is 5.33. The first-order valence-corrected chi connectivity index (χ1v) is 5.07. The predicted molar refractivity (Wildman–Crippen MR) is 56.5 cm³/mol. The van der Waals surface area contributed by atoms with E-state index in [4.69, 9.17) is 11.5 Å². The molecule has 1 heterocycles. The van der Waals surface area contributed by atoms with Crippen molar-refractivity contribution >= 4 is 0 Å². The Morgan fingerprint density at radius 3 is 2.15 bits per heavy atom. The third-order valence-corrected chi connectivity index (χ3v) is 2.79. The number of rotatable bonds is 2. The minimum Gasteiger partial charge on any atom is -0.325 e. The van der Waals surface area contributed by atoms with Crippen LogP contribution >= 0.6 is 0 Å². The van der Waals surface area contributed by atoms with Crippen molar-refractivity contribution < 1.29 is 0 Å². The van der Waals surface area contributed by atoms with E-state index in [1.807, 2.05) is 0 Å². The van der Waals surface area contributed by atoms with Crippen LogP contribution in [0, 0.1) is 0 Å². The van der Waals surface area contributed by atoms with Crippen LogP contribution < -0.4 is 11.5 Å². The van der Waals surface area contributed by atoms with Crippen LogP contribution in [0.15, 0.2) is 0 Å². The zero-order valence-electron chi connectivity index (χ0n) is 9.14. The molecule has 0 bridgehead atoms. The topological polar surface area (TPSA) is 55.3 Å². The minimum absolute atomic E-state index is 0.0231. The summed E-state index contributed by atoms with van der Waals surface area (Å²) in [5.41, 5.74) is 12.1. The summed E-state index contributed by atoms with van der Waals surface area (Å²) in [4.78, 5) is 2.33. The molecule has 0 spiro atoms. The van der Waals surface area contributed by atoms with E-state index in [2.05, 4.69) is 25.8 Å². The van der Waals surface area contributed by atoms with Gasteiger partial charge in [0.05, 0.1) is 0 Å². The van der Waals surface area contributed by atoms with Gasteiger partial charge in [-0.1, -0.05) is 0 Å². The molecule has 0 atom stereocenters. The van der Waals surface area contributed by atoms with E-state index in [-0.39, 0.29) is 11.1 Å². The van der Waals surface area contributed by atoms with Crippen LogP contribution in [0.1, 0.15) is 33.1 Å². The first-order chi connectivity index (χ1) is 5.81. The minimum atomic E-state index is -0.134. The summed E-state index contributed by atoms with van der Waals surface area (Å²) < 4.78 is 0. The maximum atomic E-state index is 6.30. The smallest absolute Gasteiger partial charge is 0.0196 e. The summed E-state index contributed by atoms with van der Waals surface area (Å²) in [5, 5.41) is 0. The van der Waals surface area contributed by atoms with Crippen LogP contribution in [0.3, 0.4) is 0 Å². The maximum Gasteiger partial charge on any atom is 0.0196 e. The quantitative estimate of drug-likeness (QED) is 0.660. The van der Waals surface area contributed by atoms with Crippen LogP contribution in [0.2, 0.25) is 0 Å². The van der Waals surface area contributed by atoms with Crippen molar-refractivity contribution in [1.29, 1.82) is 0 Å². The summed E-state index contributed by atoms with van der Waals surface area (Å²) in [7, 11) is 2.15. The average molecular weight is 185 g/mol. The van der Waals surface area contributed by atoms with Gasteiger partial charge in [0.1, 0.15) is 0 Å². The highest BCUT2D eigenvalue weighted by Gasteiger charge is 2.33. The lowest BCUT2D eigenvalue weighted by molar-refractivity contribution is 0.162. The monoisotopic (exact) mass is 185 g/mol. The van der Waals surface area contributed by atoms with Gasteiger partial charge in [-0.05, 0) is 53.2 Å². The Morgan fingerprint density at radius 2 is 1.77 bits per heavy atom. The summed E-state index contributed by atoms with van der Waals surface area (Å²) >= 11 is 0. The Morgan fingerprint density at radius 1 is 1.31 bits per heavy atom. The first kappa shape index (κ1) is 11.0. The van der Waals surface area contributed by atoms with Crippen LogP contribution in [-0.4, -0.2) is 36.1 Å². The average Bonchev–Trinajstić information content (AvgIpc) is 1.92. The highest BCUT2D eigenvalue weighted by molar-refractivity contribution is 4.95. The molecular weight excluding hydrogens is 162 g/mol. The predicted octanol–water partition coefficient (Wildman–Crippen LogP) is 0.537. The van der Waals surface area contributed by atoms with Crippen molar-refractivity contribution in [3.63, 3.8) is 0 Å². The Labute approximate surface area is 81.5 Å². The maximum absolute atomic E-state index is 6.30. The zero-order valence-corrected chi connectivity index (χ0v) is 9.14. The molecule has 0 radical (unpaired) electrons. The second-order valence-corrected chi connectivity index (χ2v) is 5.33. The van der Waals surface area contributed by atoms with Gasteiger partial charge in [-0.15, -0.1) is 0 Å². The SMILES string of the molecule is CN1CCC(N)(CC(C)(C)N)CC1. The van der Waals surface area contributed by atoms with Crippen molar-refractivity contribution in [2.24, 2.45) is 11.5 Å². The third-order valence-electron chi connectivity index (χ3n) is 2.79. The Bertz CT molecular complexity index is 163. The van der Waals surface area contributed by atoms with Crippen molar-refractivity contribution in [3.8, 4) is 0 Å². The highest BCUT2D eigenvalue weighted by atomic mass is 15.1. The molecule has 13 heavy (non-hydrogen) atoms. The molecular formula is C10H23N3. The molecule has 0 aromatic heterocycles. The summed E-state index contributed by atoms with van der Waals surface area (Å²) in [6.45, 7) is 6.32. The van der Waals surface area contributed by atoms with Gasteiger partial charge in [0.15, 0.2) is 0 Å². The number of nitrogens with zero attached hydrogens (tertiary/aromatic N) is 1. The number of likely N-dealkylation sites (tertiary alicyclic amines) is 1. The van der Waals surface area contributed by atoms with E-state index in [0.717, 1.165) is 32.4 Å². The molecule has 78 valence electrons. The van der Waals surface area contributed by atoms with Gasteiger partial charge in [-0.25, -0.2) is 0 Å². The van der Waals surface area contributed by atoms with Crippen LogP contribution in [0.25, 0.3) is 0 Å². The van der Waals surface area contributed by atoms with E-state index in [1.54, 1.807) is 0 Å². The van der Waals surface area contributed by atoms with Crippen molar-refractivity contribution in [3.05, 3.63) is 0 Å². The lowest BCUT2D eigenvalue weighted by atomic mass is 9.79. The van der Waals surface area contributed by atoms with Crippen molar-refractivity contribution in [1.82, 2.24) is 4.90 Å². The lowest BCUT2D eigenvalue weighted by Gasteiger charge is -2.41. The fourth-order valence-electron chi connectivity index (χ4n) is 2.15. The van der Waals surface area contributed by atoms with E-state index in [0.29, 0.717) is 0 Å². The van der Waals surface area contributed by atoms with Gasteiger partial charge in [0.25, 0.3) is 0 Å². The van der Waals surface area contributed by atoms with E-state index >= 15 is 0 Å². The van der Waals surface area contributed by atoms with Crippen LogP contribution in [0.4, 0.5) is 0 Å². The fraction of sp³-hybridized carbons (Fsp3) is 1.00. The summed E-state index contributed by atoms with van der Waals surface area (Å²) in [5.74, 6) is 0. The van der Waals surface area contributed by atoms with Crippen LogP contribution in [0.5, 0.6) is 0 Å². The van der Waals surface area contributed by atoms with Gasteiger partial charge >= 0.3 is 0 Å². The second kappa shape index (κ2) is 3.56. The Kier molecular flexibility index (Phi) is 3.00. The third kappa shape index (κ3) is 3.63. The molecule has 1 fully saturated rings. The first-order valence-electron chi connectivity index (χ1n) is 5.07. The Balaban J connectivity index is 2.48. The molecule has 0 saturated carbocycles. The zero-order chi connectivity index (χ0) is 10.1. The van der Waals surface area contributed by atoms with E-state index in [1.165, 1.54) is 0 Å². The van der Waals surface area contributed by atoms with Crippen LogP contribution in [-0.2, 0) is 0 Å². The van der Waals surface area contributed by atoms with Gasteiger partial charge in [-0.2, -0.15) is 0 Å². The highest BCUT2D eigenvalue weighted by Crippen LogP contribution is 2.26. The number of piperidine rings is 1. The summed E-state index contributed by atoms with van der Waals surface area (Å²) in [6, 6.07) is 0. The standard InChI is InChI=1S/C10H23N3/c1-9(2,11)8-10(12)4-6-13(3)7-5-10/h4-8,11-12H2,1-3H3. The number of hydrogen-bond donors (Lipinski definition) is 2. The molecule has 1 rings (SSSR count). The van der Waals surface area contributed by atoms with Gasteiger partial charge in [0, 0.05) is 11.1 Å². The molecule has 3 heteroatoms. The molecule has 0 unspecified atom stereocenters. The number of nitrogens with two attached hydrogens (primary N) is 2. The normalized spacial score (nSPS) is 24.7. The Hall–Kier alpha value is -0.120. The van der Waals surface area contributed by atoms with Crippen molar-refractivity contribution in [2.75, 3.05) is 20.1 Å². The fourth-order valence-corrected chi connectivity index (χ4v) is 2.15. The largest absolute Gasteiger partial charge is 0.325 e. The number of hydrogen-bond acceptors (Lipinski definition) is 3. The lowest BCUT2D eigenvalue weighted by Crippen LogP contribution is -2.54.